The monoisotopic (exact) mass is 278 g/mol. The third kappa shape index (κ3) is 2.48. The van der Waals surface area contributed by atoms with E-state index < -0.39 is 0 Å². The second-order valence-corrected chi connectivity index (χ2v) is 4.94. The van der Waals surface area contributed by atoms with Gasteiger partial charge in [-0.3, -0.25) is 14.2 Å². The Labute approximate surface area is 121 Å². The smallest absolute Gasteiger partial charge is 0.260 e. The SMILES string of the molecule is CC(=O)Cc1cc2cccnc2n(-c2ccccc2)c1=O. The van der Waals surface area contributed by atoms with Crippen molar-refractivity contribution >= 4 is 16.8 Å². The molecule has 0 spiro atoms. The van der Waals surface area contributed by atoms with Crippen LogP contribution in [-0.4, -0.2) is 15.3 Å². The van der Waals surface area contributed by atoms with E-state index >= 15 is 0 Å². The summed E-state index contributed by atoms with van der Waals surface area (Å²) in [4.78, 5) is 28.4. The molecule has 104 valence electrons. The Morgan fingerprint density at radius 1 is 1.14 bits per heavy atom. The lowest BCUT2D eigenvalue weighted by Crippen LogP contribution is -2.24. The van der Waals surface area contributed by atoms with Crippen molar-refractivity contribution in [1.29, 1.82) is 0 Å². The first kappa shape index (κ1) is 13.2. The Balaban J connectivity index is 2.37. The van der Waals surface area contributed by atoms with Crippen LogP contribution in [0.1, 0.15) is 12.5 Å². The van der Waals surface area contributed by atoms with Gasteiger partial charge in [-0.25, -0.2) is 4.98 Å². The highest BCUT2D eigenvalue weighted by Gasteiger charge is 2.12. The Hall–Kier alpha value is -2.75. The van der Waals surface area contributed by atoms with Gasteiger partial charge < -0.3 is 0 Å². The van der Waals surface area contributed by atoms with E-state index in [4.69, 9.17) is 0 Å². The summed E-state index contributed by atoms with van der Waals surface area (Å²) < 4.78 is 1.56. The van der Waals surface area contributed by atoms with Crippen LogP contribution < -0.4 is 5.56 Å². The van der Waals surface area contributed by atoms with E-state index in [2.05, 4.69) is 4.98 Å². The molecule has 1 aromatic carbocycles. The number of hydrogen-bond acceptors (Lipinski definition) is 3. The highest BCUT2D eigenvalue weighted by atomic mass is 16.1. The molecule has 0 amide bonds. The van der Waals surface area contributed by atoms with Gasteiger partial charge in [0.25, 0.3) is 5.56 Å². The normalized spacial score (nSPS) is 10.7. The molecule has 2 heterocycles. The summed E-state index contributed by atoms with van der Waals surface area (Å²) in [5.41, 5.74) is 1.65. The molecule has 0 N–H and O–H groups in total. The molecule has 3 rings (SSSR count). The molecule has 0 unspecified atom stereocenters. The molecule has 0 aliphatic rings. The molecule has 0 radical (unpaired) electrons. The van der Waals surface area contributed by atoms with Crippen LogP contribution in [-0.2, 0) is 11.2 Å². The van der Waals surface area contributed by atoms with E-state index in [9.17, 15) is 9.59 Å². The molecule has 4 heteroatoms. The van der Waals surface area contributed by atoms with Gasteiger partial charge in [0.05, 0.1) is 5.69 Å². The molecular weight excluding hydrogens is 264 g/mol. The van der Waals surface area contributed by atoms with Gasteiger partial charge in [0.15, 0.2) is 0 Å². The zero-order valence-corrected chi connectivity index (χ0v) is 11.6. The Kier molecular flexibility index (Phi) is 3.36. The summed E-state index contributed by atoms with van der Waals surface area (Å²) in [6.07, 6.45) is 1.79. The van der Waals surface area contributed by atoms with Crippen LogP contribution in [0.5, 0.6) is 0 Å². The summed E-state index contributed by atoms with van der Waals surface area (Å²) in [6.45, 7) is 1.49. The lowest BCUT2D eigenvalue weighted by molar-refractivity contribution is -0.116. The van der Waals surface area contributed by atoms with Crippen molar-refractivity contribution in [2.24, 2.45) is 0 Å². The van der Waals surface area contributed by atoms with Crippen LogP contribution in [0.4, 0.5) is 0 Å². The minimum Gasteiger partial charge on any atom is -0.300 e. The summed E-state index contributed by atoms with van der Waals surface area (Å²) in [5, 5.41) is 0.845. The van der Waals surface area contributed by atoms with E-state index in [1.165, 1.54) is 6.92 Å². The van der Waals surface area contributed by atoms with Crippen LogP contribution in [0, 0.1) is 0 Å². The van der Waals surface area contributed by atoms with E-state index in [-0.39, 0.29) is 17.8 Å². The molecule has 0 saturated heterocycles. The summed E-state index contributed by atoms with van der Waals surface area (Å²) in [7, 11) is 0. The number of ketones is 1. The first-order valence-electron chi connectivity index (χ1n) is 6.71. The van der Waals surface area contributed by atoms with Crippen molar-refractivity contribution in [2.45, 2.75) is 13.3 Å². The van der Waals surface area contributed by atoms with E-state index in [1.807, 2.05) is 42.5 Å². The van der Waals surface area contributed by atoms with Crippen molar-refractivity contribution < 1.29 is 4.79 Å². The fourth-order valence-electron chi connectivity index (χ4n) is 2.41. The van der Waals surface area contributed by atoms with Gasteiger partial charge in [0.1, 0.15) is 11.4 Å². The van der Waals surface area contributed by atoms with Crippen LogP contribution in [0.3, 0.4) is 0 Å². The highest BCUT2D eigenvalue weighted by Crippen LogP contribution is 2.15. The molecule has 0 fully saturated rings. The maximum absolute atomic E-state index is 12.7. The zero-order chi connectivity index (χ0) is 14.8. The minimum atomic E-state index is -0.192. The Bertz CT molecular complexity index is 867. The van der Waals surface area contributed by atoms with Gasteiger partial charge in [-0.2, -0.15) is 0 Å². The van der Waals surface area contributed by atoms with Crippen molar-refractivity contribution in [2.75, 3.05) is 0 Å². The molecule has 0 atom stereocenters. The van der Waals surface area contributed by atoms with Gasteiger partial charge in [-0.1, -0.05) is 18.2 Å². The van der Waals surface area contributed by atoms with Gasteiger partial charge in [-0.15, -0.1) is 0 Å². The molecule has 0 aliphatic heterocycles. The standard InChI is InChI=1S/C17H14N2O2/c1-12(20)10-14-11-13-6-5-9-18-16(13)19(17(14)21)15-7-3-2-4-8-15/h2-9,11H,10H2,1H3. The average molecular weight is 278 g/mol. The fraction of sp³-hybridized carbons (Fsp3) is 0.118. The van der Waals surface area contributed by atoms with Gasteiger partial charge in [0.2, 0.25) is 0 Å². The highest BCUT2D eigenvalue weighted by molar-refractivity contribution is 5.82. The number of carbonyl (C=O) groups excluding carboxylic acids is 1. The predicted molar refractivity (Wildman–Crippen MR) is 81.7 cm³/mol. The Morgan fingerprint density at radius 2 is 1.90 bits per heavy atom. The van der Waals surface area contributed by atoms with Gasteiger partial charge >= 0.3 is 0 Å². The Morgan fingerprint density at radius 3 is 2.62 bits per heavy atom. The molecule has 0 bridgehead atoms. The first-order chi connectivity index (χ1) is 10.2. The number of hydrogen-bond donors (Lipinski definition) is 0. The minimum absolute atomic E-state index is 0.0325. The summed E-state index contributed by atoms with van der Waals surface area (Å²) >= 11 is 0. The number of aromatic nitrogens is 2. The molecular formula is C17H14N2O2. The molecule has 2 aromatic heterocycles. The van der Waals surface area contributed by atoms with Crippen molar-refractivity contribution in [1.82, 2.24) is 9.55 Å². The predicted octanol–water partition coefficient (Wildman–Crippen LogP) is 2.52. The summed E-state index contributed by atoms with van der Waals surface area (Å²) in [6, 6.07) is 14.8. The topological polar surface area (TPSA) is 52.0 Å². The van der Waals surface area contributed by atoms with E-state index in [0.717, 1.165) is 11.1 Å². The molecule has 0 aliphatic carbocycles. The fourth-order valence-corrected chi connectivity index (χ4v) is 2.41. The van der Waals surface area contributed by atoms with Gasteiger partial charge in [0, 0.05) is 23.6 Å². The molecule has 0 saturated carbocycles. The first-order valence-corrected chi connectivity index (χ1v) is 6.71. The third-order valence-electron chi connectivity index (χ3n) is 3.29. The number of Topliss-reactive ketones (excluding diaryl/α,β-unsaturated/α-hetero) is 1. The van der Waals surface area contributed by atoms with Crippen molar-refractivity contribution in [3.63, 3.8) is 0 Å². The number of nitrogens with zero attached hydrogens (tertiary/aromatic N) is 2. The average Bonchev–Trinajstić information content (AvgIpc) is 2.48. The van der Waals surface area contributed by atoms with E-state index in [1.54, 1.807) is 16.8 Å². The number of rotatable bonds is 3. The summed E-state index contributed by atoms with van der Waals surface area (Å²) in [5.74, 6) is -0.0325. The second-order valence-electron chi connectivity index (χ2n) is 4.94. The third-order valence-corrected chi connectivity index (χ3v) is 3.29. The van der Waals surface area contributed by atoms with Crippen LogP contribution >= 0.6 is 0 Å². The van der Waals surface area contributed by atoms with Crippen molar-refractivity contribution in [3.05, 3.63) is 70.6 Å². The number of para-hydroxylation sites is 1. The number of carbonyl (C=O) groups is 1. The van der Waals surface area contributed by atoms with E-state index in [0.29, 0.717) is 11.2 Å². The maximum Gasteiger partial charge on any atom is 0.260 e. The molecule has 3 aromatic rings. The second kappa shape index (κ2) is 5.32. The van der Waals surface area contributed by atoms with Crippen LogP contribution in [0.25, 0.3) is 16.7 Å². The number of fused-ring (bicyclic) bond motifs is 1. The van der Waals surface area contributed by atoms with Crippen LogP contribution in [0.15, 0.2) is 59.5 Å². The lowest BCUT2D eigenvalue weighted by atomic mass is 10.1. The maximum atomic E-state index is 12.7. The zero-order valence-electron chi connectivity index (χ0n) is 11.6. The van der Waals surface area contributed by atoms with Crippen molar-refractivity contribution in [3.8, 4) is 5.69 Å². The lowest BCUT2D eigenvalue weighted by Gasteiger charge is -2.11. The molecule has 4 nitrogen and oxygen atoms in total. The van der Waals surface area contributed by atoms with Crippen LogP contribution in [0.2, 0.25) is 0 Å². The molecule has 21 heavy (non-hydrogen) atoms. The number of benzene rings is 1. The van der Waals surface area contributed by atoms with Gasteiger partial charge in [-0.05, 0) is 37.3 Å². The quantitative estimate of drug-likeness (QED) is 0.739. The largest absolute Gasteiger partial charge is 0.300 e. The number of pyridine rings is 2.